The Morgan fingerprint density at radius 2 is 2.05 bits per heavy atom. The SMILES string of the molecule is CN(C)Cc1cc(B(O)O)cnc1N1CCOCC1. The van der Waals surface area contributed by atoms with Crippen molar-refractivity contribution in [1.82, 2.24) is 9.88 Å². The Balaban J connectivity index is 2.29. The molecular formula is C12H20BN3O3. The Hall–Kier alpha value is -1.15. The smallest absolute Gasteiger partial charge is 0.423 e. The van der Waals surface area contributed by atoms with Crippen LogP contribution in [0.25, 0.3) is 0 Å². The van der Waals surface area contributed by atoms with Crippen molar-refractivity contribution < 1.29 is 14.8 Å². The van der Waals surface area contributed by atoms with Crippen molar-refractivity contribution in [2.75, 3.05) is 45.3 Å². The summed E-state index contributed by atoms with van der Waals surface area (Å²) in [4.78, 5) is 8.61. The summed E-state index contributed by atoms with van der Waals surface area (Å²) in [5.74, 6) is 0.904. The van der Waals surface area contributed by atoms with Crippen LogP contribution >= 0.6 is 0 Å². The van der Waals surface area contributed by atoms with Crippen molar-refractivity contribution in [3.63, 3.8) is 0 Å². The Bertz CT molecular complexity index is 423. The van der Waals surface area contributed by atoms with E-state index in [9.17, 15) is 10.0 Å². The van der Waals surface area contributed by atoms with Crippen LogP contribution in [0.5, 0.6) is 0 Å². The molecular weight excluding hydrogens is 245 g/mol. The molecule has 0 spiro atoms. The van der Waals surface area contributed by atoms with Crippen LogP contribution in [0.2, 0.25) is 0 Å². The number of hydrogen-bond acceptors (Lipinski definition) is 6. The second-order valence-electron chi connectivity index (χ2n) is 4.96. The topological polar surface area (TPSA) is 69.1 Å². The highest BCUT2D eigenvalue weighted by Crippen LogP contribution is 2.18. The number of ether oxygens (including phenoxy) is 1. The molecule has 1 saturated heterocycles. The summed E-state index contributed by atoms with van der Waals surface area (Å²) in [6.07, 6.45) is 1.52. The lowest BCUT2D eigenvalue weighted by molar-refractivity contribution is 0.122. The van der Waals surface area contributed by atoms with Crippen molar-refractivity contribution in [3.05, 3.63) is 17.8 Å². The summed E-state index contributed by atoms with van der Waals surface area (Å²) in [5, 5.41) is 18.5. The number of nitrogens with zero attached hydrogens (tertiary/aromatic N) is 3. The molecule has 0 bridgehead atoms. The van der Waals surface area contributed by atoms with E-state index in [0.717, 1.165) is 24.5 Å². The molecule has 1 aliphatic rings. The van der Waals surface area contributed by atoms with E-state index in [-0.39, 0.29) is 0 Å². The maximum atomic E-state index is 9.25. The lowest BCUT2D eigenvalue weighted by Gasteiger charge is -2.30. The van der Waals surface area contributed by atoms with Crippen LogP contribution in [0.3, 0.4) is 0 Å². The van der Waals surface area contributed by atoms with Gasteiger partial charge >= 0.3 is 7.12 Å². The molecule has 1 fully saturated rings. The highest BCUT2D eigenvalue weighted by atomic mass is 16.5. The fraction of sp³-hybridized carbons (Fsp3) is 0.583. The van der Waals surface area contributed by atoms with Crippen LogP contribution in [0.15, 0.2) is 12.3 Å². The zero-order valence-electron chi connectivity index (χ0n) is 11.4. The Labute approximate surface area is 113 Å². The van der Waals surface area contributed by atoms with Gasteiger partial charge in [0.1, 0.15) is 5.82 Å². The lowest BCUT2D eigenvalue weighted by atomic mass is 9.81. The summed E-state index contributed by atoms with van der Waals surface area (Å²) < 4.78 is 5.34. The number of anilines is 1. The van der Waals surface area contributed by atoms with Gasteiger partial charge in [-0.3, -0.25) is 0 Å². The van der Waals surface area contributed by atoms with Gasteiger partial charge in [-0.25, -0.2) is 4.98 Å². The zero-order valence-corrected chi connectivity index (χ0v) is 11.4. The number of rotatable bonds is 4. The molecule has 0 aromatic carbocycles. The molecule has 2 heterocycles. The van der Waals surface area contributed by atoms with Crippen LogP contribution in [0.4, 0.5) is 5.82 Å². The van der Waals surface area contributed by atoms with Gasteiger partial charge in [0, 0.05) is 36.9 Å². The number of aromatic nitrogens is 1. The van der Waals surface area contributed by atoms with Gasteiger partial charge in [-0.15, -0.1) is 0 Å². The minimum Gasteiger partial charge on any atom is -0.423 e. The van der Waals surface area contributed by atoms with Crippen molar-refractivity contribution >= 4 is 18.4 Å². The van der Waals surface area contributed by atoms with Crippen LogP contribution in [-0.4, -0.2) is 67.4 Å². The standard InChI is InChI=1S/C12H20BN3O3/c1-15(2)9-10-7-11(13(17)18)8-14-12(10)16-3-5-19-6-4-16/h7-8,17-18H,3-6,9H2,1-2H3. The van der Waals surface area contributed by atoms with E-state index in [0.29, 0.717) is 25.2 Å². The van der Waals surface area contributed by atoms with E-state index >= 15 is 0 Å². The Morgan fingerprint density at radius 3 is 2.63 bits per heavy atom. The van der Waals surface area contributed by atoms with Gasteiger partial charge in [0.15, 0.2) is 0 Å². The quantitative estimate of drug-likeness (QED) is 0.657. The normalized spacial score (nSPS) is 15.9. The first-order valence-corrected chi connectivity index (χ1v) is 6.40. The van der Waals surface area contributed by atoms with Gasteiger partial charge in [0.2, 0.25) is 0 Å². The van der Waals surface area contributed by atoms with Gasteiger partial charge in [-0.1, -0.05) is 6.07 Å². The second-order valence-corrected chi connectivity index (χ2v) is 4.96. The van der Waals surface area contributed by atoms with Crippen LogP contribution in [0.1, 0.15) is 5.56 Å². The average molecular weight is 265 g/mol. The summed E-state index contributed by atoms with van der Waals surface area (Å²) in [6, 6.07) is 1.81. The van der Waals surface area contributed by atoms with Crippen LogP contribution in [0, 0.1) is 0 Å². The van der Waals surface area contributed by atoms with Gasteiger partial charge in [0.25, 0.3) is 0 Å². The molecule has 0 amide bonds. The maximum Gasteiger partial charge on any atom is 0.490 e. The molecule has 104 valence electrons. The molecule has 0 saturated carbocycles. The third-order valence-electron chi connectivity index (χ3n) is 3.06. The summed E-state index contributed by atoms with van der Waals surface area (Å²) in [7, 11) is 2.48. The van der Waals surface area contributed by atoms with Crippen molar-refractivity contribution in [1.29, 1.82) is 0 Å². The van der Waals surface area contributed by atoms with Gasteiger partial charge in [-0.05, 0) is 14.1 Å². The van der Waals surface area contributed by atoms with E-state index < -0.39 is 7.12 Å². The third kappa shape index (κ3) is 3.67. The maximum absolute atomic E-state index is 9.25. The fourth-order valence-electron chi connectivity index (χ4n) is 2.18. The molecule has 6 nitrogen and oxygen atoms in total. The van der Waals surface area contributed by atoms with Gasteiger partial charge in [-0.2, -0.15) is 0 Å². The van der Waals surface area contributed by atoms with Crippen LogP contribution in [-0.2, 0) is 11.3 Å². The van der Waals surface area contributed by atoms with Gasteiger partial charge < -0.3 is 24.6 Å². The molecule has 7 heteroatoms. The molecule has 0 radical (unpaired) electrons. The summed E-state index contributed by atoms with van der Waals surface area (Å²) >= 11 is 0. The first kappa shape index (κ1) is 14.3. The number of pyridine rings is 1. The minimum absolute atomic E-state index is 0.425. The van der Waals surface area contributed by atoms with E-state index in [4.69, 9.17) is 4.74 Å². The highest BCUT2D eigenvalue weighted by molar-refractivity contribution is 6.58. The third-order valence-corrected chi connectivity index (χ3v) is 3.06. The highest BCUT2D eigenvalue weighted by Gasteiger charge is 2.19. The summed E-state index contributed by atoms with van der Waals surface area (Å²) in [6.45, 7) is 3.74. The molecule has 1 aromatic heterocycles. The number of morpholine rings is 1. The molecule has 1 aromatic rings. The first-order valence-electron chi connectivity index (χ1n) is 6.40. The van der Waals surface area contributed by atoms with Crippen molar-refractivity contribution in [2.45, 2.75) is 6.54 Å². The number of hydrogen-bond donors (Lipinski definition) is 2. The summed E-state index contributed by atoms with van der Waals surface area (Å²) in [5.41, 5.74) is 1.42. The largest absolute Gasteiger partial charge is 0.490 e. The predicted octanol–water partition coefficient (Wildman–Crippen LogP) is -1.34. The first-order chi connectivity index (χ1) is 9.08. The predicted molar refractivity (Wildman–Crippen MR) is 74.5 cm³/mol. The monoisotopic (exact) mass is 265 g/mol. The average Bonchev–Trinajstić information content (AvgIpc) is 2.39. The van der Waals surface area contributed by atoms with E-state index in [1.54, 1.807) is 0 Å². The molecule has 0 unspecified atom stereocenters. The molecule has 0 atom stereocenters. The second kappa shape index (κ2) is 6.34. The molecule has 19 heavy (non-hydrogen) atoms. The van der Waals surface area contributed by atoms with E-state index in [2.05, 4.69) is 9.88 Å². The van der Waals surface area contributed by atoms with Crippen molar-refractivity contribution in [3.8, 4) is 0 Å². The molecule has 1 aliphatic heterocycles. The molecule has 2 rings (SSSR count). The van der Waals surface area contributed by atoms with Crippen molar-refractivity contribution in [2.24, 2.45) is 0 Å². The zero-order chi connectivity index (χ0) is 13.8. The van der Waals surface area contributed by atoms with Gasteiger partial charge in [0.05, 0.1) is 13.2 Å². The lowest BCUT2D eigenvalue weighted by Crippen LogP contribution is -2.39. The van der Waals surface area contributed by atoms with Crippen LogP contribution < -0.4 is 10.4 Å². The Morgan fingerprint density at radius 1 is 1.37 bits per heavy atom. The Kier molecular flexibility index (Phi) is 4.76. The minimum atomic E-state index is -1.48. The van der Waals surface area contributed by atoms with E-state index in [1.165, 1.54) is 6.20 Å². The fourth-order valence-corrected chi connectivity index (χ4v) is 2.18. The molecule has 2 N–H and O–H groups in total. The van der Waals surface area contributed by atoms with E-state index in [1.807, 2.05) is 25.1 Å². The molecule has 0 aliphatic carbocycles.